The Labute approximate surface area is 111 Å². The molecule has 0 saturated carbocycles. The zero-order valence-corrected chi connectivity index (χ0v) is 10.8. The molecule has 3 aromatic rings. The second-order valence-corrected chi connectivity index (χ2v) is 4.68. The van der Waals surface area contributed by atoms with Crippen molar-refractivity contribution in [3.8, 4) is 0 Å². The number of rotatable bonds is 2. The zero-order chi connectivity index (χ0) is 12.5. The van der Waals surface area contributed by atoms with E-state index in [-0.39, 0.29) is 5.82 Å². The van der Waals surface area contributed by atoms with Crippen LogP contribution in [0.25, 0.3) is 11.2 Å². The second kappa shape index (κ2) is 4.49. The van der Waals surface area contributed by atoms with Crippen LogP contribution in [0, 0.1) is 5.82 Å². The van der Waals surface area contributed by atoms with Gasteiger partial charge in [-0.05, 0) is 45.8 Å². The molecule has 2 heterocycles. The molecule has 3 nitrogen and oxygen atoms in total. The molecule has 0 amide bonds. The monoisotopic (exact) mass is 306 g/mol. The summed E-state index contributed by atoms with van der Waals surface area (Å²) in [6.45, 7) is 0. The molecule has 0 aliphatic carbocycles. The lowest BCUT2D eigenvalue weighted by Gasteiger charge is -1.96. The van der Waals surface area contributed by atoms with Gasteiger partial charge in [0.05, 0.1) is 0 Å². The fraction of sp³-hybridized carbons (Fsp3) is 0.0769. The number of hydrogen-bond donors (Lipinski definition) is 0. The Balaban J connectivity index is 1.92. The predicted molar refractivity (Wildman–Crippen MR) is 68.7 cm³/mol. The Morgan fingerprint density at radius 1 is 1.06 bits per heavy atom. The lowest BCUT2D eigenvalue weighted by atomic mass is 10.1. The molecule has 3 rings (SSSR count). The predicted octanol–water partition coefficient (Wildman–Crippen LogP) is 3.72. The van der Waals surface area contributed by atoms with Crippen LogP contribution >= 0.6 is 15.9 Å². The summed E-state index contributed by atoms with van der Waals surface area (Å²) in [5.41, 5.74) is 2.17. The lowest BCUT2D eigenvalue weighted by Crippen LogP contribution is -1.88. The van der Waals surface area contributed by atoms with E-state index >= 15 is 0 Å². The van der Waals surface area contributed by atoms with E-state index in [0.29, 0.717) is 23.5 Å². The maximum atomic E-state index is 12.8. The molecule has 18 heavy (non-hydrogen) atoms. The van der Waals surface area contributed by atoms with Crippen LogP contribution in [0.4, 0.5) is 4.39 Å². The minimum atomic E-state index is -0.248. The minimum Gasteiger partial charge on any atom is -0.439 e. The summed E-state index contributed by atoms with van der Waals surface area (Å²) < 4.78 is 19.1. The molecule has 0 bridgehead atoms. The maximum Gasteiger partial charge on any atom is 0.201 e. The van der Waals surface area contributed by atoms with Gasteiger partial charge in [-0.3, -0.25) is 0 Å². The van der Waals surface area contributed by atoms with Gasteiger partial charge in [0, 0.05) is 6.42 Å². The molecule has 0 saturated heterocycles. The van der Waals surface area contributed by atoms with Gasteiger partial charge in [0.25, 0.3) is 0 Å². The summed E-state index contributed by atoms with van der Waals surface area (Å²) in [5, 5.41) is 0. The Kier molecular flexibility index (Phi) is 2.83. The van der Waals surface area contributed by atoms with Crippen molar-refractivity contribution in [1.82, 2.24) is 9.97 Å². The van der Waals surface area contributed by atoms with Gasteiger partial charge in [-0.2, -0.15) is 4.98 Å². The molecule has 5 heteroatoms. The van der Waals surface area contributed by atoms with Crippen molar-refractivity contribution in [3.05, 3.63) is 58.3 Å². The van der Waals surface area contributed by atoms with Crippen LogP contribution in [0.1, 0.15) is 11.5 Å². The van der Waals surface area contributed by atoms with Gasteiger partial charge in [0.15, 0.2) is 11.2 Å². The third-order valence-electron chi connectivity index (χ3n) is 2.53. The van der Waals surface area contributed by atoms with Crippen molar-refractivity contribution < 1.29 is 8.81 Å². The van der Waals surface area contributed by atoms with Crippen molar-refractivity contribution in [3.63, 3.8) is 0 Å². The summed E-state index contributed by atoms with van der Waals surface area (Å²) >= 11 is 3.28. The molecule has 0 aliphatic rings. The van der Waals surface area contributed by atoms with Gasteiger partial charge >= 0.3 is 0 Å². The normalized spacial score (nSPS) is 11.0. The average molecular weight is 307 g/mol. The topological polar surface area (TPSA) is 38.9 Å². The van der Waals surface area contributed by atoms with Gasteiger partial charge in [0.1, 0.15) is 10.4 Å². The van der Waals surface area contributed by atoms with E-state index in [0.717, 1.165) is 10.2 Å². The molecular formula is C13H8BrFN2O. The van der Waals surface area contributed by atoms with E-state index in [1.807, 2.05) is 6.07 Å². The summed E-state index contributed by atoms with van der Waals surface area (Å²) in [5.74, 6) is 0.323. The number of halogens is 2. The minimum absolute atomic E-state index is 0.248. The van der Waals surface area contributed by atoms with Gasteiger partial charge < -0.3 is 4.42 Å². The Morgan fingerprint density at radius 2 is 1.83 bits per heavy atom. The van der Waals surface area contributed by atoms with Crippen molar-refractivity contribution in [2.75, 3.05) is 0 Å². The molecule has 2 aromatic heterocycles. The molecule has 0 unspecified atom stereocenters. The lowest BCUT2D eigenvalue weighted by molar-refractivity contribution is 0.543. The largest absolute Gasteiger partial charge is 0.439 e. The van der Waals surface area contributed by atoms with Crippen LogP contribution in [-0.4, -0.2) is 9.97 Å². The van der Waals surface area contributed by atoms with Gasteiger partial charge in [-0.25, -0.2) is 9.37 Å². The van der Waals surface area contributed by atoms with E-state index < -0.39 is 0 Å². The van der Waals surface area contributed by atoms with Crippen LogP contribution in [0.15, 0.2) is 45.4 Å². The number of nitrogens with zero attached hydrogens (tertiary/aromatic N) is 2. The summed E-state index contributed by atoms with van der Waals surface area (Å²) in [6, 6.07) is 9.89. The van der Waals surface area contributed by atoms with Crippen LogP contribution in [0.5, 0.6) is 0 Å². The molecular weight excluding hydrogens is 299 g/mol. The van der Waals surface area contributed by atoms with Crippen molar-refractivity contribution >= 4 is 27.2 Å². The first-order valence-corrected chi connectivity index (χ1v) is 6.16. The maximum absolute atomic E-state index is 12.8. The third-order valence-corrected chi connectivity index (χ3v) is 2.97. The van der Waals surface area contributed by atoms with Crippen LogP contribution in [0.2, 0.25) is 0 Å². The van der Waals surface area contributed by atoms with E-state index in [1.165, 1.54) is 12.1 Å². The molecule has 0 fully saturated rings. The van der Waals surface area contributed by atoms with Crippen molar-refractivity contribution in [2.24, 2.45) is 0 Å². The number of pyridine rings is 1. The van der Waals surface area contributed by atoms with E-state index in [9.17, 15) is 4.39 Å². The highest BCUT2D eigenvalue weighted by Gasteiger charge is 2.08. The van der Waals surface area contributed by atoms with E-state index in [2.05, 4.69) is 25.9 Å². The average Bonchev–Trinajstić information content (AvgIpc) is 2.73. The number of fused-ring (bicyclic) bond motifs is 1. The van der Waals surface area contributed by atoms with Crippen molar-refractivity contribution in [2.45, 2.75) is 6.42 Å². The number of oxazole rings is 1. The first-order valence-electron chi connectivity index (χ1n) is 5.37. The highest BCUT2D eigenvalue weighted by atomic mass is 79.9. The Morgan fingerprint density at radius 3 is 2.61 bits per heavy atom. The van der Waals surface area contributed by atoms with Crippen LogP contribution in [-0.2, 0) is 6.42 Å². The molecule has 90 valence electrons. The summed E-state index contributed by atoms with van der Waals surface area (Å²) in [4.78, 5) is 8.49. The summed E-state index contributed by atoms with van der Waals surface area (Å²) in [6.07, 6.45) is 0.522. The standard InChI is InChI=1S/C13H8BrFN2O/c14-11-6-5-10-13(16-11)17-12(18-10)7-8-1-3-9(15)4-2-8/h1-6H,7H2. The molecule has 1 aromatic carbocycles. The Hall–Kier alpha value is -1.75. The van der Waals surface area contributed by atoms with Gasteiger partial charge in [-0.15, -0.1) is 0 Å². The quantitative estimate of drug-likeness (QED) is 0.677. The van der Waals surface area contributed by atoms with E-state index in [4.69, 9.17) is 4.42 Å². The smallest absolute Gasteiger partial charge is 0.201 e. The highest BCUT2D eigenvalue weighted by molar-refractivity contribution is 9.10. The number of aromatic nitrogens is 2. The molecule has 0 radical (unpaired) electrons. The molecule has 0 aliphatic heterocycles. The zero-order valence-electron chi connectivity index (χ0n) is 9.23. The van der Waals surface area contributed by atoms with Gasteiger partial charge in [-0.1, -0.05) is 12.1 Å². The second-order valence-electron chi connectivity index (χ2n) is 3.87. The highest BCUT2D eigenvalue weighted by Crippen LogP contribution is 2.18. The fourth-order valence-electron chi connectivity index (χ4n) is 1.69. The van der Waals surface area contributed by atoms with Gasteiger partial charge in [0.2, 0.25) is 5.89 Å². The van der Waals surface area contributed by atoms with Crippen molar-refractivity contribution in [1.29, 1.82) is 0 Å². The first kappa shape index (κ1) is 11.3. The van der Waals surface area contributed by atoms with Crippen LogP contribution < -0.4 is 0 Å². The third kappa shape index (κ3) is 2.26. The van der Waals surface area contributed by atoms with E-state index in [1.54, 1.807) is 18.2 Å². The molecule has 0 atom stereocenters. The first-order chi connectivity index (χ1) is 8.70. The number of benzene rings is 1. The number of hydrogen-bond acceptors (Lipinski definition) is 3. The molecule has 0 N–H and O–H groups in total. The molecule has 0 spiro atoms. The SMILES string of the molecule is Fc1ccc(Cc2nc3nc(Br)ccc3o2)cc1. The van der Waals surface area contributed by atoms with Crippen LogP contribution in [0.3, 0.4) is 0 Å². The summed E-state index contributed by atoms with van der Waals surface area (Å²) in [7, 11) is 0. The Bertz CT molecular complexity index is 694. The fourth-order valence-corrected chi connectivity index (χ4v) is 1.99.